The number of nitrogens with one attached hydrogen (secondary N) is 1. The average molecular weight is 480 g/mol. The lowest BCUT2D eigenvalue weighted by molar-refractivity contribution is -0.115. The summed E-state index contributed by atoms with van der Waals surface area (Å²) in [6, 6.07) is 18.2. The number of carbonyl (C=O) groups excluding carboxylic acids is 2. The van der Waals surface area contributed by atoms with E-state index in [2.05, 4.69) is 22.0 Å². The third-order valence-electron chi connectivity index (χ3n) is 4.36. The number of nitrogens with two attached hydrogens (primary N) is 1. The van der Waals surface area contributed by atoms with Crippen LogP contribution in [-0.4, -0.2) is 19.0 Å². The van der Waals surface area contributed by atoms with Crippen molar-refractivity contribution in [1.29, 1.82) is 5.26 Å². The van der Waals surface area contributed by atoms with Gasteiger partial charge in [-0.05, 0) is 62.1 Å². The Balaban J connectivity index is 1.84. The molecule has 0 aromatic heterocycles. The molecule has 0 spiro atoms. The van der Waals surface area contributed by atoms with Gasteiger partial charge in [-0.3, -0.25) is 10.1 Å². The number of methoxy groups -OCH3 is 1. The number of benzene rings is 3. The minimum absolute atomic E-state index is 0.280. The number of nitrogens with zero attached hydrogens (tertiary/aromatic N) is 1. The van der Waals surface area contributed by atoms with Crippen molar-refractivity contribution < 1.29 is 19.1 Å². The minimum Gasteiger partial charge on any atom is -0.493 e. The van der Waals surface area contributed by atoms with Crippen molar-refractivity contribution in [2.45, 2.75) is 6.61 Å². The van der Waals surface area contributed by atoms with Gasteiger partial charge in [0.05, 0.1) is 11.6 Å². The standard InChI is InChI=1S/C23H18BrN3O4/c1-30-20-11-15(9-18(12-25)22(28)27-23(26)29)10-19(24)21(20)31-13-14-6-7-16-4-2-3-5-17(16)8-14/h2-11H,13H2,1H3,(H3,26,27,28,29)/b18-9-. The summed E-state index contributed by atoms with van der Waals surface area (Å²) in [7, 11) is 1.49. The number of hydrogen-bond donors (Lipinski definition) is 2. The summed E-state index contributed by atoms with van der Waals surface area (Å²) in [4.78, 5) is 22.7. The number of carbonyl (C=O) groups is 2. The third-order valence-corrected chi connectivity index (χ3v) is 4.95. The first-order valence-electron chi connectivity index (χ1n) is 9.12. The number of nitriles is 1. The first-order valence-corrected chi connectivity index (χ1v) is 9.91. The fraction of sp³-hybridized carbons (Fsp3) is 0.0870. The topological polar surface area (TPSA) is 114 Å². The fourth-order valence-corrected chi connectivity index (χ4v) is 3.52. The molecule has 0 heterocycles. The van der Waals surface area contributed by atoms with Crippen molar-refractivity contribution in [1.82, 2.24) is 5.32 Å². The zero-order chi connectivity index (χ0) is 22.4. The monoisotopic (exact) mass is 479 g/mol. The number of hydrogen-bond acceptors (Lipinski definition) is 5. The summed E-state index contributed by atoms with van der Waals surface area (Å²) in [5, 5.41) is 13.3. The van der Waals surface area contributed by atoms with Crippen molar-refractivity contribution in [2.75, 3.05) is 7.11 Å². The summed E-state index contributed by atoms with van der Waals surface area (Å²) in [6.07, 6.45) is 1.32. The molecule has 3 aromatic rings. The molecular weight excluding hydrogens is 462 g/mol. The maximum atomic E-state index is 11.9. The lowest BCUT2D eigenvalue weighted by Crippen LogP contribution is -2.35. The van der Waals surface area contributed by atoms with Crippen molar-refractivity contribution >= 4 is 44.7 Å². The summed E-state index contributed by atoms with van der Waals surface area (Å²) in [6.45, 7) is 0.319. The van der Waals surface area contributed by atoms with Crippen LogP contribution in [0, 0.1) is 11.3 Å². The van der Waals surface area contributed by atoms with Gasteiger partial charge in [0.25, 0.3) is 5.91 Å². The van der Waals surface area contributed by atoms with Gasteiger partial charge < -0.3 is 15.2 Å². The molecule has 0 aliphatic rings. The maximum absolute atomic E-state index is 11.9. The Kier molecular flexibility index (Phi) is 6.90. The van der Waals surface area contributed by atoms with E-state index in [1.807, 2.05) is 41.7 Å². The van der Waals surface area contributed by atoms with Crippen molar-refractivity contribution in [3.63, 3.8) is 0 Å². The van der Waals surface area contributed by atoms with E-state index in [1.54, 1.807) is 18.2 Å². The molecule has 0 fully saturated rings. The molecule has 7 nitrogen and oxygen atoms in total. The van der Waals surface area contributed by atoms with E-state index in [4.69, 9.17) is 15.2 Å². The normalized spacial score (nSPS) is 10.9. The van der Waals surface area contributed by atoms with Crippen LogP contribution in [-0.2, 0) is 11.4 Å². The number of halogens is 1. The number of rotatable bonds is 6. The molecule has 0 aliphatic carbocycles. The zero-order valence-electron chi connectivity index (χ0n) is 16.5. The van der Waals surface area contributed by atoms with Gasteiger partial charge in [-0.1, -0.05) is 36.4 Å². The lowest BCUT2D eigenvalue weighted by atomic mass is 10.1. The second-order valence-electron chi connectivity index (χ2n) is 6.49. The van der Waals surface area contributed by atoms with Crippen LogP contribution in [0.3, 0.4) is 0 Å². The molecule has 3 amide bonds. The quantitative estimate of drug-likeness (QED) is 0.404. The smallest absolute Gasteiger partial charge is 0.319 e. The molecule has 0 unspecified atom stereocenters. The van der Waals surface area contributed by atoms with E-state index in [0.29, 0.717) is 28.1 Å². The average Bonchev–Trinajstić information content (AvgIpc) is 2.75. The highest BCUT2D eigenvalue weighted by Gasteiger charge is 2.15. The van der Waals surface area contributed by atoms with Crippen molar-refractivity contribution in [3.8, 4) is 17.6 Å². The van der Waals surface area contributed by atoms with Crippen LogP contribution in [0.25, 0.3) is 16.8 Å². The molecule has 0 saturated heterocycles. The summed E-state index contributed by atoms with van der Waals surface area (Å²) >= 11 is 3.45. The van der Waals surface area contributed by atoms with Gasteiger partial charge in [-0.2, -0.15) is 5.26 Å². The van der Waals surface area contributed by atoms with Crippen LogP contribution >= 0.6 is 15.9 Å². The summed E-state index contributed by atoms with van der Waals surface area (Å²) in [5.41, 5.74) is 6.14. The summed E-state index contributed by atoms with van der Waals surface area (Å²) < 4.78 is 12.0. The number of fused-ring (bicyclic) bond motifs is 1. The Morgan fingerprint density at radius 2 is 1.90 bits per heavy atom. The molecule has 0 radical (unpaired) electrons. The molecule has 8 heteroatoms. The second-order valence-corrected chi connectivity index (χ2v) is 7.35. The molecule has 0 atom stereocenters. The van der Waals surface area contributed by atoms with Gasteiger partial charge in [-0.25, -0.2) is 4.79 Å². The van der Waals surface area contributed by atoms with Crippen molar-refractivity contribution in [3.05, 3.63) is 75.8 Å². The van der Waals surface area contributed by atoms with E-state index in [-0.39, 0.29) is 5.57 Å². The molecule has 0 aliphatic heterocycles. The number of primary amides is 1. The lowest BCUT2D eigenvalue weighted by Gasteiger charge is -2.14. The SMILES string of the molecule is COc1cc(/C=C(/C#N)C(=O)NC(N)=O)cc(Br)c1OCc1ccc2ccccc2c1. The largest absolute Gasteiger partial charge is 0.493 e. The zero-order valence-corrected chi connectivity index (χ0v) is 18.1. The van der Waals surface area contributed by atoms with Gasteiger partial charge in [0.1, 0.15) is 18.2 Å². The fourth-order valence-electron chi connectivity index (χ4n) is 2.94. The van der Waals surface area contributed by atoms with E-state index in [1.165, 1.54) is 13.2 Å². The Morgan fingerprint density at radius 1 is 1.16 bits per heavy atom. The Hall–Kier alpha value is -3.83. The van der Waals surface area contributed by atoms with E-state index >= 15 is 0 Å². The predicted octanol–water partition coefficient (Wildman–Crippen LogP) is 4.29. The molecule has 156 valence electrons. The first-order chi connectivity index (χ1) is 14.9. The highest BCUT2D eigenvalue weighted by molar-refractivity contribution is 9.10. The number of urea groups is 1. The maximum Gasteiger partial charge on any atom is 0.319 e. The van der Waals surface area contributed by atoms with E-state index in [9.17, 15) is 14.9 Å². The van der Waals surface area contributed by atoms with Crippen LogP contribution in [0.4, 0.5) is 4.79 Å². The molecular formula is C23H18BrN3O4. The number of amides is 3. The van der Waals surface area contributed by atoms with Crippen LogP contribution < -0.4 is 20.5 Å². The van der Waals surface area contributed by atoms with Crippen LogP contribution in [0.5, 0.6) is 11.5 Å². The third kappa shape index (κ3) is 5.41. The van der Waals surface area contributed by atoms with Crippen LogP contribution in [0.2, 0.25) is 0 Å². The number of imide groups is 1. The van der Waals surface area contributed by atoms with E-state index in [0.717, 1.165) is 16.3 Å². The van der Waals surface area contributed by atoms with Gasteiger partial charge in [0, 0.05) is 0 Å². The molecule has 31 heavy (non-hydrogen) atoms. The van der Waals surface area contributed by atoms with Gasteiger partial charge in [0.15, 0.2) is 11.5 Å². The van der Waals surface area contributed by atoms with Gasteiger partial charge in [-0.15, -0.1) is 0 Å². The second kappa shape index (κ2) is 9.78. The minimum atomic E-state index is -1.04. The molecule has 3 aromatic carbocycles. The predicted molar refractivity (Wildman–Crippen MR) is 120 cm³/mol. The first kappa shape index (κ1) is 21.9. The highest BCUT2D eigenvalue weighted by atomic mass is 79.9. The Morgan fingerprint density at radius 3 is 2.58 bits per heavy atom. The van der Waals surface area contributed by atoms with Crippen LogP contribution in [0.15, 0.2) is 64.6 Å². The molecule has 3 N–H and O–H groups in total. The Bertz CT molecular complexity index is 1230. The summed E-state index contributed by atoms with van der Waals surface area (Å²) in [5.74, 6) is 0.00337. The Labute approximate surface area is 187 Å². The van der Waals surface area contributed by atoms with Gasteiger partial charge >= 0.3 is 6.03 Å². The molecule has 0 saturated carbocycles. The molecule has 3 rings (SSSR count). The van der Waals surface area contributed by atoms with Gasteiger partial charge in [0.2, 0.25) is 0 Å². The molecule has 0 bridgehead atoms. The number of ether oxygens (including phenoxy) is 2. The van der Waals surface area contributed by atoms with Crippen LogP contribution in [0.1, 0.15) is 11.1 Å². The highest BCUT2D eigenvalue weighted by Crippen LogP contribution is 2.38. The van der Waals surface area contributed by atoms with E-state index < -0.39 is 11.9 Å². The van der Waals surface area contributed by atoms with Crippen molar-refractivity contribution in [2.24, 2.45) is 5.73 Å².